The van der Waals surface area contributed by atoms with Gasteiger partial charge >= 0.3 is 0 Å². The van der Waals surface area contributed by atoms with E-state index in [9.17, 15) is 4.39 Å². The molecule has 4 heteroatoms. The van der Waals surface area contributed by atoms with Gasteiger partial charge in [-0.2, -0.15) is 0 Å². The summed E-state index contributed by atoms with van der Waals surface area (Å²) in [5, 5.41) is 3.41. The number of rotatable bonds is 5. The molecule has 0 amide bonds. The lowest BCUT2D eigenvalue weighted by atomic mass is 10.0. The first-order valence-electron chi connectivity index (χ1n) is 7.09. The summed E-state index contributed by atoms with van der Waals surface area (Å²) in [6.07, 6.45) is 3.57. The van der Waals surface area contributed by atoms with Gasteiger partial charge in [0.2, 0.25) is 0 Å². The van der Waals surface area contributed by atoms with Crippen LogP contribution < -0.4 is 5.32 Å². The number of hydrogen-bond donors (Lipinski definition) is 1. The van der Waals surface area contributed by atoms with Crippen molar-refractivity contribution in [2.24, 2.45) is 0 Å². The molecule has 1 fully saturated rings. The van der Waals surface area contributed by atoms with Crippen LogP contribution in [0.25, 0.3) is 0 Å². The summed E-state index contributed by atoms with van der Waals surface area (Å²) in [5.41, 5.74) is 1.17. The topological polar surface area (TPSA) is 15.3 Å². The third kappa shape index (κ3) is 4.26. The summed E-state index contributed by atoms with van der Waals surface area (Å²) >= 11 is 3.47. The molecule has 0 spiro atoms. The summed E-state index contributed by atoms with van der Waals surface area (Å²) in [5.74, 6) is -0.181. The van der Waals surface area contributed by atoms with E-state index in [1.54, 1.807) is 12.1 Å². The molecule has 2 nitrogen and oxygen atoms in total. The number of nitrogens with one attached hydrogen (secondary N) is 1. The minimum atomic E-state index is -0.181. The predicted molar refractivity (Wildman–Crippen MR) is 80.7 cm³/mol. The fraction of sp³-hybridized carbons (Fsp3) is 0.600. The van der Waals surface area contributed by atoms with Crippen LogP contribution in [0.4, 0.5) is 4.39 Å². The van der Waals surface area contributed by atoms with E-state index in [2.05, 4.69) is 33.1 Å². The Morgan fingerprint density at radius 3 is 2.74 bits per heavy atom. The summed E-state index contributed by atoms with van der Waals surface area (Å²) in [6.45, 7) is 6.44. The largest absolute Gasteiger partial charge is 0.317 e. The van der Waals surface area contributed by atoms with Gasteiger partial charge in [0.05, 0.1) is 0 Å². The van der Waals surface area contributed by atoms with Crippen LogP contribution >= 0.6 is 15.9 Å². The highest BCUT2D eigenvalue weighted by atomic mass is 79.9. The fourth-order valence-corrected chi connectivity index (χ4v) is 3.19. The van der Waals surface area contributed by atoms with Crippen molar-refractivity contribution < 1.29 is 4.39 Å². The lowest BCUT2D eigenvalue weighted by Crippen LogP contribution is -2.43. The molecule has 1 aliphatic rings. The molecule has 106 valence electrons. The maximum Gasteiger partial charge on any atom is 0.124 e. The lowest BCUT2D eigenvalue weighted by molar-refractivity contribution is 0.154. The molecule has 0 saturated carbocycles. The van der Waals surface area contributed by atoms with Gasteiger partial charge < -0.3 is 5.32 Å². The molecule has 0 unspecified atom stereocenters. The molecule has 0 atom stereocenters. The number of nitrogens with zero attached hydrogens (tertiary/aromatic N) is 1. The maximum atomic E-state index is 13.1. The van der Waals surface area contributed by atoms with E-state index in [0.29, 0.717) is 6.04 Å². The molecule has 19 heavy (non-hydrogen) atoms. The Morgan fingerprint density at radius 2 is 2.11 bits per heavy atom. The molecule has 2 rings (SSSR count). The highest BCUT2D eigenvalue weighted by molar-refractivity contribution is 9.10. The summed E-state index contributed by atoms with van der Waals surface area (Å²) < 4.78 is 14.0. The van der Waals surface area contributed by atoms with Gasteiger partial charge in [0.25, 0.3) is 0 Å². The first-order chi connectivity index (χ1) is 9.20. The van der Waals surface area contributed by atoms with Crippen LogP contribution in [-0.4, -0.2) is 30.6 Å². The summed E-state index contributed by atoms with van der Waals surface area (Å²) in [6, 6.07) is 5.65. The van der Waals surface area contributed by atoms with Crippen LogP contribution in [0.15, 0.2) is 22.7 Å². The number of halogens is 2. The second kappa shape index (κ2) is 7.36. The monoisotopic (exact) mass is 328 g/mol. The Morgan fingerprint density at radius 1 is 1.37 bits per heavy atom. The minimum Gasteiger partial charge on any atom is -0.317 e. The maximum absolute atomic E-state index is 13.1. The molecule has 1 saturated heterocycles. The molecule has 1 aromatic rings. The molecule has 1 aromatic carbocycles. The van der Waals surface area contributed by atoms with Crippen LogP contribution in [-0.2, 0) is 6.54 Å². The van der Waals surface area contributed by atoms with E-state index < -0.39 is 0 Å². The smallest absolute Gasteiger partial charge is 0.124 e. The molecule has 1 heterocycles. The molecule has 0 bridgehead atoms. The van der Waals surface area contributed by atoms with Gasteiger partial charge in [-0.1, -0.05) is 28.9 Å². The van der Waals surface area contributed by atoms with Crippen molar-refractivity contribution in [3.05, 3.63) is 34.1 Å². The Kier molecular flexibility index (Phi) is 5.79. The van der Waals surface area contributed by atoms with Crippen LogP contribution in [0.3, 0.4) is 0 Å². The SMILES string of the molecule is CCCN(Cc1ccc(F)cc1Br)C1CCNCC1. The molecule has 0 aromatic heterocycles. The number of benzene rings is 1. The first kappa shape index (κ1) is 14.9. The molecule has 0 radical (unpaired) electrons. The quantitative estimate of drug-likeness (QED) is 0.889. The highest BCUT2D eigenvalue weighted by Gasteiger charge is 2.21. The molecular formula is C15H22BrFN2. The van der Waals surface area contributed by atoms with Crippen LogP contribution in [0.1, 0.15) is 31.7 Å². The highest BCUT2D eigenvalue weighted by Crippen LogP contribution is 2.22. The minimum absolute atomic E-state index is 0.181. The van der Waals surface area contributed by atoms with Gasteiger partial charge in [-0.3, -0.25) is 4.90 Å². The first-order valence-corrected chi connectivity index (χ1v) is 7.88. The Hall–Kier alpha value is -0.450. The fourth-order valence-electron chi connectivity index (χ4n) is 2.72. The van der Waals surface area contributed by atoms with E-state index in [0.717, 1.165) is 37.1 Å². The van der Waals surface area contributed by atoms with Crippen molar-refractivity contribution in [1.29, 1.82) is 0 Å². The zero-order chi connectivity index (χ0) is 13.7. The van der Waals surface area contributed by atoms with Crippen LogP contribution in [0, 0.1) is 5.82 Å². The normalized spacial score (nSPS) is 17.1. The second-order valence-corrected chi connectivity index (χ2v) is 6.04. The number of hydrogen-bond acceptors (Lipinski definition) is 2. The average Bonchev–Trinajstić information content (AvgIpc) is 2.42. The number of piperidine rings is 1. The van der Waals surface area contributed by atoms with E-state index in [-0.39, 0.29) is 5.82 Å². The zero-order valence-electron chi connectivity index (χ0n) is 11.5. The van der Waals surface area contributed by atoms with Crippen molar-refractivity contribution in [2.75, 3.05) is 19.6 Å². The van der Waals surface area contributed by atoms with Gasteiger partial charge in [-0.05, 0) is 56.6 Å². The molecule has 1 N–H and O–H groups in total. The van der Waals surface area contributed by atoms with E-state index in [1.807, 2.05) is 6.07 Å². The van der Waals surface area contributed by atoms with E-state index >= 15 is 0 Å². The molecule has 1 aliphatic heterocycles. The molecule has 0 aliphatic carbocycles. The Labute approximate surface area is 123 Å². The van der Waals surface area contributed by atoms with Gasteiger partial charge in [0.1, 0.15) is 5.82 Å². The van der Waals surface area contributed by atoms with E-state index in [4.69, 9.17) is 0 Å². The van der Waals surface area contributed by atoms with Crippen molar-refractivity contribution in [1.82, 2.24) is 10.2 Å². The Bertz CT molecular complexity index is 405. The van der Waals surface area contributed by atoms with Crippen molar-refractivity contribution in [3.63, 3.8) is 0 Å². The second-order valence-electron chi connectivity index (χ2n) is 5.19. The Balaban J connectivity index is 2.06. The third-order valence-electron chi connectivity index (χ3n) is 3.72. The van der Waals surface area contributed by atoms with Crippen molar-refractivity contribution in [2.45, 2.75) is 38.8 Å². The van der Waals surface area contributed by atoms with Gasteiger partial charge in [0.15, 0.2) is 0 Å². The van der Waals surface area contributed by atoms with E-state index in [1.165, 1.54) is 18.4 Å². The van der Waals surface area contributed by atoms with Gasteiger partial charge in [-0.25, -0.2) is 4.39 Å². The predicted octanol–water partition coefficient (Wildman–Crippen LogP) is 3.55. The van der Waals surface area contributed by atoms with Gasteiger partial charge in [-0.15, -0.1) is 0 Å². The standard InChI is InChI=1S/C15H22BrFN2/c1-2-9-19(14-5-7-18-8-6-14)11-12-3-4-13(17)10-15(12)16/h3-4,10,14,18H,2,5-9,11H2,1H3. The van der Waals surface area contributed by atoms with Crippen LogP contribution in [0.2, 0.25) is 0 Å². The van der Waals surface area contributed by atoms with Crippen molar-refractivity contribution >= 4 is 15.9 Å². The van der Waals surface area contributed by atoms with Gasteiger partial charge in [0, 0.05) is 17.1 Å². The zero-order valence-corrected chi connectivity index (χ0v) is 13.0. The molecular weight excluding hydrogens is 307 g/mol. The average molecular weight is 329 g/mol. The third-order valence-corrected chi connectivity index (χ3v) is 4.46. The summed E-state index contributed by atoms with van der Waals surface area (Å²) in [7, 11) is 0. The lowest BCUT2D eigenvalue weighted by Gasteiger charge is -2.34. The van der Waals surface area contributed by atoms with Crippen LogP contribution in [0.5, 0.6) is 0 Å². The summed E-state index contributed by atoms with van der Waals surface area (Å²) in [4.78, 5) is 2.54. The van der Waals surface area contributed by atoms with Crippen molar-refractivity contribution in [3.8, 4) is 0 Å².